The molecule has 0 spiro atoms. The van der Waals surface area contributed by atoms with Gasteiger partial charge in [0.1, 0.15) is 6.61 Å². The summed E-state index contributed by atoms with van der Waals surface area (Å²) < 4.78 is 5.65. The van der Waals surface area contributed by atoms with Gasteiger partial charge in [-0.25, -0.2) is 4.79 Å². The summed E-state index contributed by atoms with van der Waals surface area (Å²) in [5.41, 5.74) is 3.50. The third-order valence-corrected chi connectivity index (χ3v) is 6.71. The average molecular weight is 465 g/mol. The minimum atomic E-state index is -0.944. The van der Waals surface area contributed by atoms with Crippen molar-refractivity contribution >= 4 is 18.0 Å². The quantitative estimate of drug-likeness (QED) is 0.598. The molecule has 2 amide bonds. The second-order valence-corrected chi connectivity index (χ2v) is 10.3. The monoisotopic (exact) mass is 464 g/mol. The van der Waals surface area contributed by atoms with Gasteiger partial charge in [-0.3, -0.25) is 9.59 Å². The molecular formula is C27H32N2O5. The van der Waals surface area contributed by atoms with E-state index in [1.54, 1.807) is 4.90 Å². The lowest BCUT2D eigenvalue weighted by atomic mass is 9.98. The Bertz CT molecular complexity index is 1050. The van der Waals surface area contributed by atoms with Gasteiger partial charge in [-0.1, -0.05) is 48.5 Å². The minimum Gasteiger partial charge on any atom is -0.481 e. The molecule has 1 fully saturated rings. The summed E-state index contributed by atoms with van der Waals surface area (Å²) in [6.45, 7) is 6.00. The molecule has 2 aromatic rings. The number of amides is 2. The van der Waals surface area contributed by atoms with Crippen LogP contribution in [0.2, 0.25) is 0 Å². The zero-order chi connectivity index (χ0) is 24.5. The van der Waals surface area contributed by atoms with Crippen molar-refractivity contribution in [3.8, 4) is 11.1 Å². The maximum Gasteiger partial charge on any atom is 0.407 e. The number of carbonyl (C=O) groups is 3. The number of nitrogens with zero attached hydrogens (tertiary/aromatic N) is 1. The number of aliphatic carboxylic acids is 1. The van der Waals surface area contributed by atoms with Crippen molar-refractivity contribution < 1.29 is 24.2 Å². The molecule has 34 heavy (non-hydrogen) atoms. The summed E-state index contributed by atoms with van der Waals surface area (Å²) in [6.07, 6.45) is 0.879. The van der Waals surface area contributed by atoms with Crippen molar-refractivity contribution in [2.75, 3.05) is 13.2 Å². The fraction of sp³-hybridized carbons (Fsp3) is 0.444. The van der Waals surface area contributed by atoms with Crippen LogP contribution in [0.4, 0.5) is 4.79 Å². The molecule has 1 saturated carbocycles. The molecule has 2 aromatic carbocycles. The number of carboxylic acids is 1. The Balaban J connectivity index is 1.37. The summed E-state index contributed by atoms with van der Waals surface area (Å²) >= 11 is 0. The minimum absolute atomic E-state index is 0.0256. The van der Waals surface area contributed by atoms with Crippen LogP contribution >= 0.6 is 0 Å². The maximum absolute atomic E-state index is 13.0. The molecular weight excluding hydrogens is 432 g/mol. The molecule has 0 atom stereocenters. The van der Waals surface area contributed by atoms with Crippen molar-refractivity contribution in [3.63, 3.8) is 0 Å². The third-order valence-electron chi connectivity index (χ3n) is 6.71. The summed E-state index contributed by atoms with van der Waals surface area (Å²) in [4.78, 5) is 38.3. The maximum atomic E-state index is 13.0. The fourth-order valence-electron chi connectivity index (χ4n) is 4.77. The molecule has 180 valence electrons. The Morgan fingerprint density at radius 2 is 1.59 bits per heavy atom. The van der Waals surface area contributed by atoms with Gasteiger partial charge in [-0.05, 0) is 55.9 Å². The van der Waals surface area contributed by atoms with Crippen molar-refractivity contribution in [1.29, 1.82) is 0 Å². The van der Waals surface area contributed by atoms with Gasteiger partial charge in [0.05, 0.1) is 18.4 Å². The number of alkyl carbamates (subject to hydrolysis) is 1. The van der Waals surface area contributed by atoms with Gasteiger partial charge in [-0.2, -0.15) is 0 Å². The van der Waals surface area contributed by atoms with Crippen LogP contribution in [0.25, 0.3) is 11.1 Å². The van der Waals surface area contributed by atoms with Gasteiger partial charge in [0.2, 0.25) is 5.91 Å². The number of rotatable bonds is 8. The molecule has 0 bridgehead atoms. The largest absolute Gasteiger partial charge is 0.481 e. The Morgan fingerprint density at radius 3 is 2.09 bits per heavy atom. The lowest BCUT2D eigenvalue weighted by Crippen LogP contribution is -2.50. The van der Waals surface area contributed by atoms with Crippen LogP contribution in [-0.4, -0.2) is 52.2 Å². The second-order valence-electron chi connectivity index (χ2n) is 10.3. The molecule has 0 heterocycles. The van der Waals surface area contributed by atoms with Crippen molar-refractivity contribution in [2.24, 2.45) is 0 Å². The number of hydrogen-bond acceptors (Lipinski definition) is 4. The van der Waals surface area contributed by atoms with E-state index < -0.39 is 23.1 Å². The number of hydrogen-bond donors (Lipinski definition) is 2. The first kappa shape index (κ1) is 23.8. The van der Waals surface area contributed by atoms with Crippen LogP contribution in [0.5, 0.6) is 0 Å². The number of fused-ring (bicyclic) bond motifs is 3. The highest BCUT2D eigenvalue weighted by atomic mass is 16.5. The third kappa shape index (κ3) is 5.08. The Hall–Kier alpha value is -3.35. The number of ether oxygens (including phenoxy) is 1. The van der Waals surface area contributed by atoms with E-state index in [2.05, 4.69) is 29.6 Å². The van der Waals surface area contributed by atoms with Crippen LogP contribution in [0.3, 0.4) is 0 Å². The zero-order valence-electron chi connectivity index (χ0n) is 20.0. The zero-order valence-corrected chi connectivity index (χ0v) is 20.0. The smallest absolute Gasteiger partial charge is 0.407 e. The predicted molar refractivity (Wildman–Crippen MR) is 129 cm³/mol. The normalized spacial score (nSPS) is 15.7. The first-order chi connectivity index (χ1) is 16.1. The lowest BCUT2D eigenvalue weighted by molar-refractivity contribution is -0.140. The van der Waals surface area contributed by atoms with Crippen molar-refractivity contribution in [3.05, 3.63) is 59.7 Å². The van der Waals surface area contributed by atoms with E-state index >= 15 is 0 Å². The molecule has 4 rings (SSSR count). The van der Waals surface area contributed by atoms with E-state index in [-0.39, 0.29) is 37.8 Å². The summed E-state index contributed by atoms with van der Waals surface area (Å²) in [6, 6.07) is 16.3. The Labute approximate surface area is 200 Å². The number of carbonyl (C=O) groups excluding carboxylic acids is 2. The van der Waals surface area contributed by atoms with Gasteiger partial charge in [0, 0.05) is 18.0 Å². The van der Waals surface area contributed by atoms with Crippen LogP contribution in [0, 0.1) is 0 Å². The van der Waals surface area contributed by atoms with Gasteiger partial charge >= 0.3 is 12.1 Å². The highest BCUT2D eigenvalue weighted by Crippen LogP contribution is 2.45. The molecule has 7 nitrogen and oxygen atoms in total. The lowest BCUT2D eigenvalue weighted by Gasteiger charge is -2.36. The summed E-state index contributed by atoms with van der Waals surface area (Å²) in [5.74, 6) is -1.13. The highest BCUT2D eigenvalue weighted by Gasteiger charge is 2.48. The number of benzene rings is 2. The molecule has 7 heteroatoms. The first-order valence-electron chi connectivity index (χ1n) is 11.8. The molecule has 2 N–H and O–H groups in total. The topological polar surface area (TPSA) is 95.9 Å². The van der Waals surface area contributed by atoms with Crippen molar-refractivity contribution in [1.82, 2.24) is 10.2 Å². The molecule has 0 radical (unpaired) electrons. The Morgan fingerprint density at radius 1 is 1.03 bits per heavy atom. The van der Waals surface area contributed by atoms with E-state index in [9.17, 15) is 14.4 Å². The van der Waals surface area contributed by atoms with Crippen LogP contribution in [0.15, 0.2) is 48.5 Å². The van der Waals surface area contributed by atoms with Gasteiger partial charge in [-0.15, -0.1) is 0 Å². The SMILES string of the molecule is CC(C)(C)N(CCC(=O)O)C(=O)CC1(NC(=O)OCC2c3ccccc3-c3ccccc32)CC1. The van der Waals surface area contributed by atoms with E-state index in [1.807, 2.05) is 45.0 Å². The predicted octanol–water partition coefficient (Wildman–Crippen LogP) is 4.55. The van der Waals surface area contributed by atoms with Gasteiger partial charge in [0.25, 0.3) is 0 Å². The van der Waals surface area contributed by atoms with Gasteiger partial charge < -0.3 is 20.1 Å². The molecule has 2 aliphatic rings. The van der Waals surface area contributed by atoms with Crippen LogP contribution in [0.1, 0.15) is 63.5 Å². The van der Waals surface area contributed by atoms with E-state index in [0.29, 0.717) is 12.8 Å². The van der Waals surface area contributed by atoms with E-state index in [1.165, 1.54) is 11.1 Å². The van der Waals surface area contributed by atoms with Gasteiger partial charge in [0.15, 0.2) is 0 Å². The first-order valence-corrected chi connectivity index (χ1v) is 11.8. The van der Waals surface area contributed by atoms with Crippen LogP contribution < -0.4 is 5.32 Å². The Kier molecular flexibility index (Phi) is 6.39. The number of nitrogens with one attached hydrogen (secondary N) is 1. The second kappa shape index (κ2) is 9.12. The molecule has 0 aliphatic heterocycles. The summed E-state index contributed by atoms with van der Waals surface area (Å²) in [7, 11) is 0. The van der Waals surface area contributed by atoms with Crippen LogP contribution in [-0.2, 0) is 14.3 Å². The molecule has 0 aromatic heterocycles. The van der Waals surface area contributed by atoms with E-state index in [0.717, 1.165) is 11.1 Å². The van der Waals surface area contributed by atoms with Crippen molar-refractivity contribution in [2.45, 2.75) is 63.5 Å². The molecule has 2 aliphatic carbocycles. The molecule has 0 saturated heterocycles. The fourth-order valence-corrected chi connectivity index (χ4v) is 4.77. The average Bonchev–Trinajstić information content (AvgIpc) is 3.43. The highest BCUT2D eigenvalue weighted by molar-refractivity contribution is 5.81. The van der Waals surface area contributed by atoms with E-state index in [4.69, 9.17) is 9.84 Å². The summed E-state index contributed by atoms with van der Waals surface area (Å²) in [5, 5.41) is 12.0. The standard InChI is InChI=1S/C27H32N2O5/c1-26(2,3)29(15-12-24(31)32)23(30)16-27(13-14-27)28-25(33)34-17-22-20-10-6-4-8-18(20)19-9-5-7-11-21(19)22/h4-11,22H,12-17H2,1-3H3,(H,28,33)(H,31,32). The number of carboxylic acid groups (broad SMARTS) is 1. The molecule has 0 unspecified atom stereocenters.